The van der Waals surface area contributed by atoms with Gasteiger partial charge < -0.3 is 10.1 Å². The molecular formula is C19H23NO2. The number of hydrogen-bond acceptors (Lipinski definition) is 2. The van der Waals surface area contributed by atoms with Crippen LogP contribution in [0.15, 0.2) is 48.5 Å². The largest absolute Gasteiger partial charge is 0.494 e. The first-order chi connectivity index (χ1) is 10.6. The van der Waals surface area contributed by atoms with E-state index >= 15 is 0 Å². The Morgan fingerprint density at radius 1 is 1.05 bits per heavy atom. The molecule has 0 unspecified atom stereocenters. The maximum absolute atomic E-state index is 12.4. The first-order valence-corrected chi connectivity index (χ1v) is 7.74. The predicted molar refractivity (Wildman–Crippen MR) is 89.3 cm³/mol. The maximum Gasteiger partial charge on any atom is 0.251 e. The highest BCUT2D eigenvalue weighted by molar-refractivity contribution is 5.94. The van der Waals surface area contributed by atoms with Crippen LogP contribution in [0, 0.1) is 6.92 Å². The molecular weight excluding hydrogens is 274 g/mol. The fourth-order valence-corrected chi connectivity index (χ4v) is 2.33. The summed E-state index contributed by atoms with van der Waals surface area (Å²) in [6.45, 7) is 6.69. The zero-order valence-electron chi connectivity index (χ0n) is 13.4. The molecule has 3 heteroatoms. The van der Waals surface area contributed by atoms with Crippen LogP contribution in [-0.4, -0.2) is 12.5 Å². The Morgan fingerprint density at radius 2 is 1.68 bits per heavy atom. The monoisotopic (exact) mass is 297 g/mol. The van der Waals surface area contributed by atoms with Gasteiger partial charge in [0.1, 0.15) is 5.75 Å². The van der Waals surface area contributed by atoms with Gasteiger partial charge in [-0.2, -0.15) is 0 Å². The Hall–Kier alpha value is -2.29. The minimum absolute atomic E-state index is 0.0275. The molecule has 0 saturated heterocycles. The van der Waals surface area contributed by atoms with Gasteiger partial charge in [-0.05, 0) is 50.1 Å². The fraction of sp³-hybridized carbons (Fsp3) is 0.316. The van der Waals surface area contributed by atoms with Crippen LogP contribution in [0.25, 0.3) is 0 Å². The van der Waals surface area contributed by atoms with E-state index in [2.05, 4.69) is 43.4 Å². The average molecular weight is 297 g/mol. The van der Waals surface area contributed by atoms with Crippen LogP contribution >= 0.6 is 0 Å². The van der Waals surface area contributed by atoms with Crippen molar-refractivity contribution < 1.29 is 9.53 Å². The van der Waals surface area contributed by atoms with Crippen LogP contribution in [-0.2, 0) is 0 Å². The summed E-state index contributed by atoms with van der Waals surface area (Å²) in [6, 6.07) is 15.5. The molecule has 2 aromatic rings. The van der Waals surface area contributed by atoms with E-state index in [1.165, 1.54) is 5.56 Å². The van der Waals surface area contributed by atoms with Gasteiger partial charge in [-0.3, -0.25) is 4.79 Å². The summed E-state index contributed by atoms with van der Waals surface area (Å²) in [5, 5.41) is 3.09. The minimum Gasteiger partial charge on any atom is -0.494 e. The summed E-state index contributed by atoms with van der Waals surface area (Å²) in [4.78, 5) is 12.4. The van der Waals surface area contributed by atoms with Gasteiger partial charge in [0, 0.05) is 5.56 Å². The second kappa shape index (κ2) is 7.64. The van der Waals surface area contributed by atoms with Crippen molar-refractivity contribution in [2.45, 2.75) is 33.2 Å². The summed E-state index contributed by atoms with van der Waals surface area (Å²) in [6.07, 6.45) is 0.853. The highest BCUT2D eigenvalue weighted by Gasteiger charge is 2.14. The van der Waals surface area contributed by atoms with Crippen LogP contribution in [0.3, 0.4) is 0 Å². The van der Waals surface area contributed by atoms with Crippen molar-refractivity contribution in [1.82, 2.24) is 5.32 Å². The number of carbonyl (C=O) groups is 1. The lowest BCUT2D eigenvalue weighted by atomic mass is 10.0. The molecule has 0 aliphatic heterocycles. The first kappa shape index (κ1) is 16.1. The third-order valence-corrected chi connectivity index (χ3v) is 3.62. The number of rotatable bonds is 6. The van der Waals surface area contributed by atoms with E-state index in [0.717, 1.165) is 17.7 Å². The maximum atomic E-state index is 12.4. The van der Waals surface area contributed by atoms with Crippen LogP contribution in [0.4, 0.5) is 0 Å². The molecule has 116 valence electrons. The summed E-state index contributed by atoms with van der Waals surface area (Å²) >= 11 is 0. The molecule has 1 N–H and O–H groups in total. The van der Waals surface area contributed by atoms with Crippen molar-refractivity contribution in [3.8, 4) is 5.75 Å². The Bertz CT molecular complexity index is 602. The lowest BCUT2D eigenvalue weighted by Crippen LogP contribution is -2.28. The van der Waals surface area contributed by atoms with E-state index in [1.54, 1.807) is 12.1 Å². The zero-order valence-corrected chi connectivity index (χ0v) is 13.4. The predicted octanol–water partition coefficient (Wildman–Crippen LogP) is 4.27. The zero-order chi connectivity index (χ0) is 15.9. The van der Waals surface area contributed by atoms with Gasteiger partial charge in [0.05, 0.1) is 12.6 Å². The van der Waals surface area contributed by atoms with Crippen molar-refractivity contribution in [1.29, 1.82) is 0 Å². The first-order valence-electron chi connectivity index (χ1n) is 7.74. The molecule has 1 amide bonds. The third kappa shape index (κ3) is 4.10. The van der Waals surface area contributed by atoms with Gasteiger partial charge in [-0.1, -0.05) is 36.8 Å². The molecule has 0 spiro atoms. The van der Waals surface area contributed by atoms with E-state index in [4.69, 9.17) is 4.74 Å². The molecule has 0 aromatic heterocycles. The SMILES string of the molecule is CCOc1ccc(C(=O)N[C@@H](CC)c2ccc(C)cc2)cc1. The lowest BCUT2D eigenvalue weighted by molar-refractivity contribution is 0.0935. The van der Waals surface area contributed by atoms with Crippen LogP contribution < -0.4 is 10.1 Å². The van der Waals surface area contributed by atoms with Gasteiger partial charge in [-0.25, -0.2) is 0 Å². The smallest absolute Gasteiger partial charge is 0.251 e. The Kier molecular flexibility index (Phi) is 5.59. The summed E-state index contributed by atoms with van der Waals surface area (Å²) < 4.78 is 5.39. The van der Waals surface area contributed by atoms with Gasteiger partial charge in [0.2, 0.25) is 0 Å². The fourth-order valence-electron chi connectivity index (χ4n) is 2.33. The van der Waals surface area contributed by atoms with Gasteiger partial charge in [0.25, 0.3) is 5.91 Å². The van der Waals surface area contributed by atoms with Crippen molar-refractivity contribution >= 4 is 5.91 Å². The topological polar surface area (TPSA) is 38.3 Å². The van der Waals surface area contributed by atoms with Crippen molar-refractivity contribution in [2.24, 2.45) is 0 Å². The number of ether oxygens (including phenoxy) is 1. The Morgan fingerprint density at radius 3 is 2.23 bits per heavy atom. The van der Waals surface area contributed by atoms with Gasteiger partial charge in [-0.15, -0.1) is 0 Å². The molecule has 1 atom stereocenters. The Balaban J connectivity index is 2.06. The molecule has 0 aliphatic rings. The molecule has 22 heavy (non-hydrogen) atoms. The molecule has 0 heterocycles. The van der Waals surface area contributed by atoms with Gasteiger partial charge in [0.15, 0.2) is 0 Å². The number of hydrogen-bond donors (Lipinski definition) is 1. The molecule has 0 saturated carbocycles. The van der Waals surface area contributed by atoms with Crippen molar-refractivity contribution in [2.75, 3.05) is 6.61 Å². The van der Waals surface area contributed by atoms with Crippen LogP contribution in [0.5, 0.6) is 5.75 Å². The third-order valence-electron chi connectivity index (χ3n) is 3.62. The second-order valence-corrected chi connectivity index (χ2v) is 5.30. The number of aryl methyl sites for hydroxylation is 1. The highest BCUT2D eigenvalue weighted by atomic mass is 16.5. The summed E-state index contributed by atoms with van der Waals surface area (Å²) in [7, 11) is 0. The summed E-state index contributed by atoms with van der Waals surface area (Å²) in [5.41, 5.74) is 3.00. The number of carbonyl (C=O) groups excluding carboxylic acids is 1. The number of nitrogens with one attached hydrogen (secondary N) is 1. The van der Waals surface area contributed by atoms with E-state index in [9.17, 15) is 4.79 Å². The molecule has 2 aromatic carbocycles. The van der Waals surface area contributed by atoms with E-state index in [-0.39, 0.29) is 11.9 Å². The second-order valence-electron chi connectivity index (χ2n) is 5.30. The quantitative estimate of drug-likeness (QED) is 0.864. The Labute approximate surface area is 132 Å². The normalized spacial score (nSPS) is 11.8. The number of benzene rings is 2. The van der Waals surface area contributed by atoms with E-state index < -0.39 is 0 Å². The molecule has 0 radical (unpaired) electrons. The lowest BCUT2D eigenvalue weighted by Gasteiger charge is -2.18. The van der Waals surface area contributed by atoms with Gasteiger partial charge >= 0.3 is 0 Å². The standard InChI is InChI=1S/C19H23NO2/c1-4-18(15-8-6-14(3)7-9-15)20-19(21)16-10-12-17(13-11-16)22-5-2/h6-13,18H,4-5H2,1-3H3,(H,20,21)/t18-/m0/s1. The highest BCUT2D eigenvalue weighted by Crippen LogP contribution is 2.18. The molecule has 0 fully saturated rings. The number of amides is 1. The molecule has 0 aliphatic carbocycles. The van der Waals surface area contributed by atoms with Crippen LogP contribution in [0.2, 0.25) is 0 Å². The molecule has 0 bridgehead atoms. The van der Waals surface area contributed by atoms with E-state index in [1.807, 2.05) is 19.1 Å². The van der Waals surface area contributed by atoms with E-state index in [0.29, 0.717) is 12.2 Å². The van der Waals surface area contributed by atoms with Crippen molar-refractivity contribution in [3.05, 3.63) is 65.2 Å². The van der Waals surface area contributed by atoms with Crippen LogP contribution in [0.1, 0.15) is 47.8 Å². The molecule has 2 rings (SSSR count). The minimum atomic E-state index is -0.0597. The molecule has 3 nitrogen and oxygen atoms in total. The van der Waals surface area contributed by atoms with Crippen molar-refractivity contribution in [3.63, 3.8) is 0 Å². The average Bonchev–Trinajstić information content (AvgIpc) is 2.54. The summed E-state index contributed by atoms with van der Waals surface area (Å²) in [5.74, 6) is 0.722.